The molecule has 94 valence electrons. The van der Waals surface area contributed by atoms with Gasteiger partial charge in [0.1, 0.15) is 5.75 Å². The van der Waals surface area contributed by atoms with E-state index in [1.54, 1.807) is 43.3 Å². The molecule has 1 heterocycles. The summed E-state index contributed by atoms with van der Waals surface area (Å²) in [5.41, 5.74) is 0.698. The van der Waals surface area contributed by atoms with Gasteiger partial charge in [-0.25, -0.2) is 8.78 Å². The van der Waals surface area contributed by atoms with Crippen LogP contribution in [0, 0.1) is 0 Å². The van der Waals surface area contributed by atoms with Gasteiger partial charge in [0.2, 0.25) is 0 Å². The molecule has 1 saturated heterocycles. The maximum absolute atomic E-state index is 13.9. The minimum Gasteiger partial charge on any atom is -0.497 e. The molecule has 0 radical (unpaired) electrons. The largest absolute Gasteiger partial charge is 0.497 e. The molecule has 2 rings (SSSR count). The first-order valence-electron chi connectivity index (χ1n) is 5.73. The average Bonchev–Trinajstić information content (AvgIpc) is 2.28. The van der Waals surface area contributed by atoms with Crippen LogP contribution in [0.1, 0.15) is 17.9 Å². The van der Waals surface area contributed by atoms with Crippen molar-refractivity contribution in [1.29, 1.82) is 0 Å². The molecule has 0 amide bonds. The molecule has 2 nitrogen and oxygen atoms in total. The minimum absolute atomic E-state index is 0.163. The highest BCUT2D eigenvalue weighted by molar-refractivity contribution is 5.31. The van der Waals surface area contributed by atoms with Crippen molar-refractivity contribution in [3.63, 3.8) is 0 Å². The molecule has 0 spiro atoms. The van der Waals surface area contributed by atoms with Gasteiger partial charge in [0.25, 0.3) is 5.92 Å². The van der Waals surface area contributed by atoms with E-state index in [0.717, 1.165) is 0 Å². The maximum atomic E-state index is 13.9. The molecule has 1 aliphatic rings. The summed E-state index contributed by atoms with van der Waals surface area (Å²) in [4.78, 5) is 1.68. The third kappa shape index (κ3) is 2.57. The zero-order valence-electron chi connectivity index (χ0n) is 10.1. The van der Waals surface area contributed by atoms with E-state index < -0.39 is 11.8 Å². The lowest BCUT2D eigenvalue weighted by atomic mass is 9.86. The number of likely N-dealkylation sites (tertiary alicyclic amines) is 1. The van der Waals surface area contributed by atoms with Crippen molar-refractivity contribution < 1.29 is 13.5 Å². The number of methoxy groups -OCH3 is 1. The van der Waals surface area contributed by atoms with Gasteiger partial charge < -0.3 is 9.64 Å². The van der Waals surface area contributed by atoms with E-state index in [-0.39, 0.29) is 6.54 Å². The van der Waals surface area contributed by atoms with Gasteiger partial charge >= 0.3 is 0 Å². The number of halogens is 2. The molecule has 0 aliphatic carbocycles. The monoisotopic (exact) mass is 241 g/mol. The Bertz CT molecular complexity index is 378. The van der Waals surface area contributed by atoms with Crippen molar-refractivity contribution in [3.05, 3.63) is 29.8 Å². The standard InChI is InChI=1S/C13H17F2NO/c1-16-8-7-12(13(14,15)9-16)10-3-5-11(17-2)6-4-10/h3-6,12H,7-9H2,1-2H3. The van der Waals surface area contributed by atoms with Crippen LogP contribution in [0.3, 0.4) is 0 Å². The highest BCUT2D eigenvalue weighted by Crippen LogP contribution is 2.40. The van der Waals surface area contributed by atoms with Crippen LogP contribution in [-0.2, 0) is 0 Å². The lowest BCUT2D eigenvalue weighted by Gasteiger charge is -2.36. The smallest absolute Gasteiger partial charge is 0.267 e. The topological polar surface area (TPSA) is 12.5 Å². The van der Waals surface area contributed by atoms with Gasteiger partial charge in [0.15, 0.2) is 0 Å². The predicted molar refractivity (Wildman–Crippen MR) is 62.8 cm³/mol. The summed E-state index contributed by atoms with van der Waals surface area (Å²) >= 11 is 0. The van der Waals surface area contributed by atoms with E-state index in [0.29, 0.717) is 24.3 Å². The fourth-order valence-electron chi connectivity index (χ4n) is 2.36. The Morgan fingerprint density at radius 3 is 2.47 bits per heavy atom. The molecule has 1 aromatic rings. The van der Waals surface area contributed by atoms with Crippen molar-refractivity contribution in [3.8, 4) is 5.75 Å². The molecular formula is C13H17F2NO. The van der Waals surface area contributed by atoms with Gasteiger partial charge in [-0.2, -0.15) is 0 Å². The fraction of sp³-hybridized carbons (Fsp3) is 0.538. The van der Waals surface area contributed by atoms with Crippen molar-refractivity contribution in [2.45, 2.75) is 18.3 Å². The van der Waals surface area contributed by atoms with Gasteiger partial charge in [0.05, 0.1) is 19.6 Å². The molecular weight excluding hydrogens is 224 g/mol. The first-order chi connectivity index (χ1) is 8.03. The van der Waals surface area contributed by atoms with Gasteiger partial charge in [-0.05, 0) is 37.7 Å². The van der Waals surface area contributed by atoms with Gasteiger partial charge in [-0.3, -0.25) is 0 Å². The zero-order chi connectivity index (χ0) is 12.5. The fourth-order valence-corrected chi connectivity index (χ4v) is 2.36. The summed E-state index contributed by atoms with van der Waals surface area (Å²) in [6, 6.07) is 6.96. The molecule has 0 N–H and O–H groups in total. The number of ether oxygens (including phenoxy) is 1. The van der Waals surface area contributed by atoms with Gasteiger partial charge in [0, 0.05) is 0 Å². The number of alkyl halides is 2. The number of hydrogen-bond donors (Lipinski definition) is 0. The molecule has 1 unspecified atom stereocenters. The Balaban J connectivity index is 2.20. The minimum atomic E-state index is -2.65. The maximum Gasteiger partial charge on any atom is 0.267 e. The molecule has 1 atom stereocenters. The van der Waals surface area contributed by atoms with Crippen LogP contribution in [0.25, 0.3) is 0 Å². The molecule has 1 fully saturated rings. The quantitative estimate of drug-likeness (QED) is 0.789. The van der Waals surface area contributed by atoms with Crippen LogP contribution in [0.4, 0.5) is 8.78 Å². The lowest BCUT2D eigenvalue weighted by Crippen LogP contribution is -2.45. The van der Waals surface area contributed by atoms with Gasteiger partial charge in [-0.15, -0.1) is 0 Å². The molecule has 0 saturated carbocycles. The molecule has 0 bridgehead atoms. The summed E-state index contributed by atoms with van der Waals surface area (Å²) in [6.45, 7) is 0.552. The Hall–Kier alpha value is -1.16. The van der Waals surface area contributed by atoms with Gasteiger partial charge in [-0.1, -0.05) is 12.1 Å². The first-order valence-corrected chi connectivity index (χ1v) is 5.73. The van der Waals surface area contributed by atoms with Crippen LogP contribution in [0.2, 0.25) is 0 Å². The van der Waals surface area contributed by atoms with Crippen LogP contribution in [-0.4, -0.2) is 38.1 Å². The van der Waals surface area contributed by atoms with Crippen LogP contribution < -0.4 is 4.74 Å². The van der Waals surface area contributed by atoms with Crippen LogP contribution in [0.5, 0.6) is 5.75 Å². The number of nitrogens with zero attached hydrogens (tertiary/aromatic N) is 1. The second kappa shape index (κ2) is 4.61. The number of piperidine rings is 1. The Morgan fingerprint density at radius 1 is 1.29 bits per heavy atom. The molecule has 1 aliphatic heterocycles. The second-order valence-corrected chi connectivity index (χ2v) is 4.61. The number of hydrogen-bond acceptors (Lipinski definition) is 2. The van der Waals surface area contributed by atoms with Crippen molar-refractivity contribution in [2.24, 2.45) is 0 Å². The first kappa shape index (κ1) is 12.3. The van der Waals surface area contributed by atoms with E-state index in [1.165, 1.54) is 0 Å². The third-order valence-electron chi connectivity index (χ3n) is 3.31. The summed E-state index contributed by atoms with van der Waals surface area (Å²) in [7, 11) is 3.30. The predicted octanol–water partition coefficient (Wildman–Crippen LogP) is 2.75. The lowest BCUT2D eigenvalue weighted by molar-refractivity contribution is -0.0765. The highest BCUT2D eigenvalue weighted by atomic mass is 19.3. The van der Waals surface area contributed by atoms with E-state index >= 15 is 0 Å². The van der Waals surface area contributed by atoms with Crippen molar-refractivity contribution in [2.75, 3.05) is 27.2 Å². The zero-order valence-corrected chi connectivity index (χ0v) is 10.1. The van der Waals surface area contributed by atoms with E-state index in [9.17, 15) is 8.78 Å². The summed E-state index contributed by atoms with van der Waals surface area (Å²) < 4.78 is 32.9. The summed E-state index contributed by atoms with van der Waals surface area (Å²) in [6.07, 6.45) is 0.496. The van der Waals surface area contributed by atoms with E-state index in [1.807, 2.05) is 0 Å². The average molecular weight is 241 g/mol. The normalized spacial score (nSPS) is 24.6. The highest BCUT2D eigenvalue weighted by Gasteiger charge is 2.44. The van der Waals surface area contributed by atoms with Crippen LogP contribution >= 0.6 is 0 Å². The van der Waals surface area contributed by atoms with Crippen molar-refractivity contribution in [1.82, 2.24) is 4.90 Å². The van der Waals surface area contributed by atoms with Crippen LogP contribution in [0.15, 0.2) is 24.3 Å². The Labute approximate surface area is 100 Å². The number of benzene rings is 1. The Morgan fingerprint density at radius 2 is 1.94 bits per heavy atom. The SMILES string of the molecule is COc1ccc(C2CCN(C)CC2(F)F)cc1. The van der Waals surface area contributed by atoms with E-state index in [4.69, 9.17) is 4.74 Å². The van der Waals surface area contributed by atoms with Crippen molar-refractivity contribution >= 4 is 0 Å². The molecule has 4 heteroatoms. The van der Waals surface area contributed by atoms with E-state index in [2.05, 4.69) is 0 Å². The third-order valence-corrected chi connectivity index (χ3v) is 3.31. The molecule has 1 aromatic carbocycles. The Kier molecular flexibility index (Phi) is 3.33. The molecule has 17 heavy (non-hydrogen) atoms. The summed E-state index contributed by atoms with van der Waals surface area (Å²) in [5, 5.41) is 0. The number of rotatable bonds is 2. The summed E-state index contributed by atoms with van der Waals surface area (Å²) in [5.74, 6) is -2.63. The molecule has 0 aromatic heterocycles. The second-order valence-electron chi connectivity index (χ2n) is 4.61.